The molecule has 3 aliphatic rings. The van der Waals surface area contributed by atoms with E-state index in [1.807, 2.05) is 0 Å². The molecule has 1 aliphatic heterocycles. The zero-order valence-corrected chi connectivity index (χ0v) is 9.10. The number of nitrogens with one attached hydrogen (secondary N) is 1. The molecule has 3 rings (SSSR count). The van der Waals surface area contributed by atoms with E-state index >= 15 is 0 Å². The fraction of sp³-hybridized carbons (Fsp3) is 1.00. The molecule has 1 saturated heterocycles. The van der Waals surface area contributed by atoms with Crippen molar-refractivity contribution in [2.45, 2.75) is 44.1 Å². The summed E-state index contributed by atoms with van der Waals surface area (Å²) in [5, 5.41) is 3.78. The van der Waals surface area contributed by atoms with Crippen molar-refractivity contribution in [3.05, 3.63) is 0 Å². The molecule has 14 heavy (non-hydrogen) atoms. The van der Waals surface area contributed by atoms with Crippen molar-refractivity contribution < 1.29 is 0 Å². The summed E-state index contributed by atoms with van der Waals surface area (Å²) < 4.78 is 0. The van der Waals surface area contributed by atoms with Gasteiger partial charge in [0.1, 0.15) is 0 Å². The average Bonchev–Trinajstić information content (AvgIpc) is 2.88. The molecule has 0 aromatic heterocycles. The van der Waals surface area contributed by atoms with Gasteiger partial charge in [0.2, 0.25) is 0 Å². The van der Waals surface area contributed by atoms with E-state index in [1.54, 1.807) is 0 Å². The Labute approximate surface area is 87.0 Å². The molecule has 3 fully saturated rings. The summed E-state index contributed by atoms with van der Waals surface area (Å²) in [5.74, 6) is 1.06. The Bertz CT molecular complexity index is 204. The van der Waals surface area contributed by atoms with E-state index in [-0.39, 0.29) is 0 Å². The molecule has 1 heterocycles. The van der Waals surface area contributed by atoms with E-state index in [2.05, 4.69) is 10.2 Å². The molecule has 0 unspecified atom stereocenters. The predicted molar refractivity (Wildman–Crippen MR) is 58.4 cm³/mol. The lowest BCUT2D eigenvalue weighted by molar-refractivity contribution is 0.130. The van der Waals surface area contributed by atoms with Crippen molar-refractivity contribution in [2.24, 2.45) is 5.92 Å². The minimum atomic E-state index is 0.535. The molecular formula is C12H22N2. The van der Waals surface area contributed by atoms with Crippen LogP contribution in [0, 0.1) is 5.92 Å². The van der Waals surface area contributed by atoms with Crippen LogP contribution in [0.5, 0.6) is 0 Å². The normalized spacial score (nSPS) is 32.6. The molecule has 1 N–H and O–H groups in total. The van der Waals surface area contributed by atoms with Gasteiger partial charge in [-0.25, -0.2) is 0 Å². The Balaban J connectivity index is 1.59. The second-order valence-corrected chi connectivity index (χ2v) is 5.59. The third-order valence-corrected chi connectivity index (χ3v) is 4.23. The maximum Gasteiger partial charge on any atom is 0.0309 e. The first-order chi connectivity index (χ1) is 6.86. The quantitative estimate of drug-likeness (QED) is 0.718. The van der Waals surface area contributed by atoms with Crippen LogP contribution in [0.1, 0.15) is 38.5 Å². The first-order valence-electron chi connectivity index (χ1n) is 6.34. The van der Waals surface area contributed by atoms with Gasteiger partial charge in [-0.2, -0.15) is 0 Å². The minimum Gasteiger partial charge on any atom is -0.309 e. The summed E-state index contributed by atoms with van der Waals surface area (Å²) in [6, 6.07) is 0. The molecule has 0 radical (unpaired) electrons. The lowest BCUT2D eigenvalue weighted by atomic mass is 9.94. The van der Waals surface area contributed by atoms with Crippen molar-refractivity contribution in [3.63, 3.8) is 0 Å². The van der Waals surface area contributed by atoms with Crippen LogP contribution in [0.2, 0.25) is 0 Å². The van der Waals surface area contributed by atoms with Gasteiger partial charge in [-0.05, 0) is 31.6 Å². The van der Waals surface area contributed by atoms with Gasteiger partial charge < -0.3 is 5.32 Å². The van der Waals surface area contributed by atoms with E-state index in [1.165, 1.54) is 64.7 Å². The smallest absolute Gasteiger partial charge is 0.0309 e. The first-order valence-corrected chi connectivity index (χ1v) is 6.34. The fourth-order valence-electron chi connectivity index (χ4n) is 3.25. The minimum absolute atomic E-state index is 0.535. The molecule has 2 nitrogen and oxygen atoms in total. The van der Waals surface area contributed by atoms with Crippen molar-refractivity contribution in [3.8, 4) is 0 Å². The van der Waals surface area contributed by atoms with Crippen molar-refractivity contribution >= 4 is 0 Å². The molecule has 0 amide bonds. The Kier molecular flexibility index (Phi) is 2.29. The monoisotopic (exact) mass is 194 g/mol. The van der Waals surface area contributed by atoms with Crippen LogP contribution in [0.3, 0.4) is 0 Å². The number of hydrogen-bond acceptors (Lipinski definition) is 2. The molecule has 2 heteroatoms. The van der Waals surface area contributed by atoms with Gasteiger partial charge in [-0.15, -0.1) is 0 Å². The highest BCUT2D eigenvalue weighted by atomic mass is 15.2. The standard InChI is InChI=1S/C12H22N2/c1-2-6-12(5-1)10-14(8-7-13-12)9-11-3-4-11/h11,13H,1-10H2. The van der Waals surface area contributed by atoms with Crippen LogP contribution in [0.4, 0.5) is 0 Å². The molecule has 0 aromatic carbocycles. The Morgan fingerprint density at radius 2 is 2.00 bits per heavy atom. The molecule has 0 aromatic rings. The largest absolute Gasteiger partial charge is 0.309 e. The maximum atomic E-state index is 3.78. The van der Waals surface area contributed by atoms with Crippen LogP contribution in [-0.4, -0.2) is 36.6 Å². The lowest BCUT2D eigenvalue weighted by Crippen LogP contribution is -2.59. The lowest BCUT2D eigenvalue weighted by Gasteiger charge is -2.41. The summed E-state index contributed by atoms with van der Waals surface area (Å²) in [6.07, 6.45) is 8.74. The van der Waals surface area contributed by atoms with Gasteiger partial charge in [0.05, 0.1) is 0 Å². The van der Waals surface area contributed by atoms with E-state index in [9.17, 15) is 0 Å². The van der Waals surface area contributed by atoms with Crippen LogP contribution >= 0.6 is 0 Å². The van der Waals surface area contributed by atoms with Crippen LogP contribution in [0.15, 0.2) is 0 Å². The van der Waals surface area contributed by atoms with Crippen LogP contribution in [-0.2, 0) is 0 Å². The Hall–Kier alpha value is -0.0800. The third-order valence-electron chi connectivity index (χ3n) is 4.23. The van der Waals surface area contributed by atoms with Crippen LogP contribution < -0.4 is 5.32 Å². The summed E-state index contributed by atoms with van der Waals surface area (Å²) in [6.45, 7) is 5.25. The average molecular weight is 194 g/mol. The molecule has 2 saturated carbocycles. The number of piperazine rings is 1. The second-order valence-electron chi connectivity index (χ2n) is 5.59. The van der Waals surface area contributed by atoms with Crippen molar-refractivity contribution in [2.75, 3.05) is 26.2 Å². The zero-order chi connectivity index (χ0) is 9.43. The number of hydrogen-bond donors (Lipinski definition) is 1. The topological polar surface area (TPSA) is 15.3 Å². The van der Waals surface area contributed by atoms with Gasteiger partial charge in [0.25, 0.3) is 0 Å². The summed E-state index contributed by atoms with van der Waals surface area (Å²) in [4.78, 5) is 2.72. The SMILES string of the molecule is C1CCC2(C1)CN(CC1CC1)CCN2. The second kappa shape index (κ2) is 3.49. The highest BCUT2D eigenvalue weighted by Gasteiger charge is 2.38. The summed E-state index contributed by atoms with van der Waals surface area (Å²) in [5.41, 5.74) is 0.535. The first kappa shape index (κ1) is 9.17. The van der Waals surface area contributed by atoms with Crippen molar-refractivity contribution in [1.29, 1.82) is 0 Å². The van der Waals surface area contributed by atoms with E-state index in [0.29, 0.717) is 5.54 Å². The molecule has 0 atom stereocenters. The molecule has 80 valence electrons. The number of rotatable bonds is 2. The third kappa shape index (κ3) is 1.82. The highest BCUT2D eigenvalue weighted by molar-refractivity contribution is 4.98. The number of nitrogens with zero attached hydrogens (tertiary/aromatic N) is 1. The maximum absolute atomic E-state index is 3.78. The Morgan fingerprint density at radius 1 is 1.21 bits per heavy atom. The zero-order valence-electron chi connectivity index (χ0n) is 9.10. The molecule has 0 bridgehead atoms. The molecular weight excluding hydrogens is 172 g/mol. The van der Waals surface area contributed by atoms with E-state index in [0.717, 1.165) is 5.92 Å². The molecule has 1 spiro atoms. The van der Waals surface area contributed by atoms with Gasteiger partial charge >= 0.3 is 0 Å². The summed E-state index contributed by atoms with van der Waals surface area (Å²) >= 11 is 0. The molecule has 2 aliphatic carbocycles. The van der Waals surface area contributed by atoms with E-state index in [4.69, 9.17) is 0 Å². The predicted octanol–water partition coefficient (Wildman–Crippen LogP) is 1.61. The van der Waals surface area contributed by atoms with Gasteiger partial charge in [-0.1, -0.05) is 12.8 Å². The fourth-order valence-corrected chi connectivity index (χ4v) is 3.25. The van der Waals surface area contributed by atoms with Gasteiger partial charge in [0, 0.05) is 31.7 Å². The van der Waals surface area contributed by atoms with Crippen LogP contribution in [0.25, 0.3) is 0 Å². The Morgan fingerprint density at radius 3 is 2.71 bits per heavy atom. The van der Waals surface area contributed by atoms with Gasteiger partial charge in [-0.3, -0.25) is 4.90 Å². The van der Waals surface area contributed by atoms with Crippen molar-refractivity contribution in [1.82, 2.24) is 10.2 Å². The highest BCUT2D eigenvalue weighted by Crippen LogP contribution is 2.34. The summed E-state index contributed by atoms with van der Waals surface area (Å²) in [7, 11) is 0. The van der Waals surface area contributed by atoms with Gasteiger partial charge in [0.15, 0.2) is 0 Å². The van der Waals surface area contributed by atoms with E-state index < -0.39 is 0 Å².